The molecule has 0 bridgehead atoms. The van der Waals surface area contributed by atoms with E-state index in [1.54, 1.807) is 6.92 Å². The molecule has 4 heteroatoms. The number of carbonyl (C=O) groups is 1. The second-order valence-corrected chi connectivity index (χ2v) is 5.85. The van der Waals surface area contributed by atoms with Crippen LogP contribution in [-0.4, -0.2) is 16.2 Å². The van der Waals surface area contributed by atoms with Crippen molar-refractivity contribution in [2.45, 2.75) is 40.0 Å². The third-order valence-electron chi connectivity index (χ3n) is 3.21. The van der Waals surface area contributed by atoms with Gasteiger partial charge in [0.25, 0.3) is 0 Å². The van der Waals surface area contributed by atoms with Gasteiger partial charge in [-0.05, 0) is 42.0 Å². The van der Waals surface area contributed by atoms with E-state index in [9.17, 15) is 9.90 Å². The molecule has 0 amide bonds. The van der Waals surface area contributed by atoms with Crippen LogP contribution in [0.25, 0.3) is 0 Å². The maximum absolute atomic E-state index is 10.9. The van der Waals surface area contributed by atoms with Crippen molar-refractivity contribution in [3.05, 3.63) is 27.2 Å². The van der Waals surface area contributed by atoms with Crippen molar-refractivity contribution in [2.75, 3.05) is 0 Å². The standard InChI is InChI=1S/C14H19BrO3/c1-7(2)10-6-12(15)9(4)11(13(10)16)5-8(3)14(17)18/h6-8,16H,5H2,1-4H3,(H,17,18). The van der Waals surface area contributed by atoms with Gasteiger partial charge in [-0.15, -0.1) is 0 Å². The van der Waals surface area contributed by atoms with Crippen molar-refractivity contribution in [3.8, 4) is 5.75 Å². The Morgan fingerprint density at radius 3 is 2.39 bits per heavy atom. The Balaban J connectivity index is 3.29. The highest BCUT2D eigenvalue weighted by Crippen LogP contribution is 2.37. The SMILES string of the molecule is Cc1c(Br)cc(C(C)C)c(O)c1CC(C)C(=O)O. The predicted octanol–water partition coefficient (Wildman–Crippen LogP) is 3.85. The molecule has 1 unspecified atom stereocenters. The molecule has 1 rings (SSSR count). The zero-order chi connectivity index (χ0) is 14.0. The van der Waals surface area contributed by atoms with Gasteiger partial charge in [0.15, 0.2) is 0 Å². The van der Waals surface area contributed by atoms with Crippen LogP contribution in [0.2, 0.25) is 0 Å². The second kappa shape index (κ2) is 5.74. The second-order valence-electron chi connectivity index (χ2n) is 5.00. The first kappa shape index (κ1) is 15.0. The number of aromatic hydroxyl groups is 1. The van der Waals surface area contributed by atoms with Crippen LogP contribution >= 0.6 is 15.9 Å². The van der Waals surface area contributed by atoms with E-state index in [4.69, 9.17) is 5.11 Å². The largest absolute Gasteiger partial charge is 0.507 e. The van der Waals surface area contributed by atoms with Gasteiger partial charge in [0.2, 0.25) is 0 Å². The van der Waals surface area contributed by atoms with Crippen LogP contribution in [0.3, 0.4) is 0 Å². The molecule has 18 heavy (non-hydrogen) atoms. The molecular formula is C14H19BrO3. The Hall–Kier alpha value is -1.03. The first-order valence-corrected chi connectivity index (χ1v) is 6.78. The number of carboxylic acids is 1. The van der Waals surface area contributed by atoms with E-state index in [2.05, 4.69) is 15.9 Å². The summed E-state index contributed by atoms with van der Waals surface area (Å²) in [5.74, 6) is -0.927. The molecule has 100 valence electrons. The van der Waals surface area contributed by atoms with Gasteiger partial charge in [0.05, 0.1) is 5.92 Å². The summed E-state index contributed by atoms with van der Waals surface area (Å²) in [5, 5.41) is 19.3. The van der Waals surface area contributed by atoms with Crippen LogP contribution in [-0.2, 0) is 11.2 Å². The van der Waals surface area contributed by atoms with Crippen LogP contribution in [0.4, 0.5) is 0 Å². The van der Waals surface area contributed by atoms with E-state index in [1.165, 1.54) is 0 Å². The van der Waals surface area contributed by atoms with Crippen molar-refractivity contribution in [1.82, 2.24) is 0 Å². The first-order valence-electron chi connectivity index (χ1n) is 5.99. The highest BCUT2D eigenvalue weighted by molar-refractivity contribution is 9.10. The lowest BCUT2D eigenvalue weighted by Crippen LogP contribution is -2.13. The molecule has 0 saturated carbocycles. The van der Waals surface area contributed by atoms with Crippen LogP contribution in [0.1, 0.15) is 43.4 Å². The molecule has 1 aromatic rings. The fourth-order valence-corrected chi connectivity index (χ4v) is 2.38. The highest BCUT2D eigenvalue weighted by Gasteiger charge is 2.20. The maximum atomic E-state index is 10.9. The Labute approximate surface area is 116 Å². The number of benzene rings is 1. The minimum atomic E-state index is -0.847. The van der Waals surface area contributed by atoms with Crippen LogP contribution in [0.15, 0.2) is 10.5 Å². The summed E-state index contributed by atoms with van der Waals surface area (Å²) in [6, 6.07) is 1.91. The van der Waals surface area contributed by atoms with Crippen molar-refractivity contribution in [3.63, 3.8) is 0 Å². The van der Waals surface area contributed by atoms with Crippen molar-refractivity contribution in [1.29, 1.82) is 0 Å². The summed E-state index contributed by atoms with van der Waals surface area (Å²) in [4.78, 5) is 10.9. The quantitative estimate of drug-likeness (QED) is 0.887. The van der Waals surface area contributed by atoms with E-state index in [1.807, 2.05) is 26.8 Å². The average Bonchev–Trinajstić information content (AvgIpc) is 2.28. The van der Waals surface area contributed by atoms with Gasteiger partial charge in [0, 0.05) is 4.47 Å². The molecule has 0 saturated heterocycles. The number of hydrogen-bond acceptors (Lipinski definition) is 2. The number of phenolic OH excluding ortho intramolecular Hbond substituents is 1. The lowest BCUT2D eigenvalue weighted by Gasteiger charge is -2.18. The third-order valence-corrected chi connectivity index (χ3v) is 4.03. The molecule has 0 aliphatic rings. The van der Waals surface area contributed by atoms with Gasteiger partial charge in [-0.2, -0.15) is 0 Å². The molecule has 0 heterocycles. The van der Waals surface area contributed by atoms with E-state index < -0.39 is 11.9 Å². The molecule has 0 aliphatic carbocycles. The zero-order valence-electron chi connectivity index (χ0n) is 11.1. The Morgan fingerprint density at radius 1 is 1.39 bits per heavy atom. The van der Waals surface area contributed by atoms with Gasteiger partial charge >= 0.3 is 5.97 Å². The van der Waals surface area contributed by atoms with Crippen molar-refractivity contribution >= 4 is 21.9 Å². The zero-order valence-corrected chi connectivity index (χ0v) is 12.7. The predicted molar refractivity (Wildman–Crippen MR) is 75.1 cm³/mol. The summed E-state index contributed by atoms with van der Waals surface area (Å²) in [5.41, 5.74) is 2.48. The Morgan fingerprint density at radius 2 is 1.94 bits per heavy atom. The summed E-state index contributed by atoms with van der Waals surface area (Å²) in [6.45, 7) is 7.54. The monoisotopic (exact) mass is 314 g/mol. The normalized spacial score (nSPS) is 12.8. The topological polar surface area (TPSA) is 57.5 Å². The van der Waals surface area contributed by atoms with Gasteiger partial charge in [-0.1, -0.05) is 36.7 Å². The molecule has 2 N–H and O–H groups in total. The minimum Gasteiger partial charge on any atom is -0.507 e. The average molecular weight is 315 g/mol. The molecule has 3 nitrogen and oxygen atoms in total. The smallest absolute Gasteiger partial charge is 0.306 e. The highest BCUT2D eigenvalue weighted by atomic mass is 79.9. The van der Waals surface area contributed by atoms with Gasteiger partial charge in [-0.25, -0.2) is 0 Å². The first-order chi connectivity index (χ1) is 8.25. The molecule has 1 aromatic carbocycles. The fraction of sp³-hybridized carbons (Fsp3) is 0.500. The molecule has 0 aliphatic heterocycles. The third kappa shape index (κ3) is 3.05. The van der Waals surface area contributed by atoms with Crippen molar-refractivity contribution < 1.29 is 15.0 Å². The Kier molecular flexibility index (Phi) is 4.79. The number of aliphatic carboxylic acids is 1. The summed E-state index contributed by atoms with van der Waals surface area (Å²) < 4.78 is 0.914. The van der Waals surface area contributed by atoms with Crippen LogP contribution in [0, 0.1) is 12.8 Å². The molecule has 0 aromatic heterocycles. The van der Waals surface area contributed by atoms with E-state index in [0.29, 0.717) is 6.42 Å². The Bertz CT molecular complexity index is 467. The van der Waals surface area contributed by atoms with E-state index in [-0.39, 0.29) is 11.7 Å². The lowest BCUT2D eigenvalue weighted by molar-refractivity contribution is -0.141. The van der Waals surface area contributed by atoms with Crippen LogP contribution in [0.5, 0.6) is 5.75 Å². The van der Waals surface area contributed by atoms with Crippen molar-refractivity contribution in [2.24, 2.45) is 5.92 Å². The number of halogens is 1. The minimum absolute atomic E-state index is 0.195. The lowest BCUT2D eigenvalue weighted by atomic mass is 9.91. The van der Waals surface area contributed by atoms with Gasteiger partial charge in [0.1, 0.15) is 5.75 Å². The van der Waals surface area contributed by atoms with Gasteiger partial charge < -0.3 is 10.2 Å². The number of hydrogen-bond donors (Lipinski definition) is 2. The molecule has 0 fully saturated rings. The molecule has 0 radical (unpaired) electrons. The maximum Gasteiger partial charge on any atom is 0.306 e. The summed E-state index contributed by atoms with van der Waals surface area (Å²) in [7, 11) is 0. The van der Waals surface area contributed by atoms with Gasteiger partial charge in [-0.3, -0.25) is 4.79 Å². The molecule has 0 spiro atoms. The number of rotatable bonds is 4. The summed E-state index contributed by atoms with van der Waals surface area (Å²) >= 11 is 3.47. The van der Waals surface area contributed by atoms with E-state index >= 15 is 0 Å². The number of carboxylic acid groups (broad SMARTS) is 1. The number of phenols is 1. The molecule has 1 atom stereocenters. The molecular weight excluding hydrogens is 296 g/mol. The van der Waals surface area contributed by atoms with Crippen LogP contribution < -0.4 is 0 Å². The van der Waals surface area contributed by atoms with E-state index in [0.717, 1.165) is 21.2 Å². The fourth-order valence-electron chi connectivity index (χ4n) is 1.89. The summed E-state index contributed by atoms with van der Waals surface area (Å²) in [6.07, 6.45) is 0.339.